The Labute approximate surface area is 113 Å². The predicted molar refractivity (Wildman–Crippen MR) is 76.3 cm³/mol. The Hall–Kier alpha value is -1.75. The molecule has 1 aliphatic rings. The van der Waals surface area contributed by atoms with Crippen LogP contribution in [0.1, 0.15) is 13.3 Å². The van der Waals surface area contributed by atoms with Gasteiger partial charge in [0.05, 0.1) is 25.0 Å². The molecule has 0 saturated carbocycles. The van der Waals surface area contributed by atoms with Crippen LogP contribution in [-0.2, 0) is 4.79 Å². The average Bonchev–Trinajstić information content (AvgIpc) is 2.77. The van der Waals surface area contributed by atoms with Gasteiger partial charge < -0.3 is 15.8 Å². The lowest BCUT2D eigenvalue weighted by Crippen LogP contribution is -2.31. The number of nitrogen functional groups attached to an aromatic ring is 1. The number of hydrogen-bond donors (Lipinski definition) is 2. The van der Waals surface area contributed by atoms with E-state index in [1.807, 2.05) is 0 Å². The first-order valence-corrected chi connectivity index (χ1v) is 6.54. The van der Waals surface area contributed by atoms with E-state index < -0.39 is 0 Å². The summed E-state index contributed by atoms with van der Waals surface area (Å²) in [6.07, 6.45) is 1.16. The molecule has 0 aromatic heterocycles. The highest BCUT2D eigenvalue weighted by Gasteiger charge is 2.20. The molecule has 1 aromatic carbocycles. The van der Waals surface area contributed by atoms with E-state index in [9.17, 15) is 4.79 Å². The van der Waals surface area contributed by atoms with Gasteiger partial charge in [-0.25, -0.2) is 0 Å². The van der Waals surface area contributed by atoms with Crippen molar-refractivity contribution in [3.8, 4) is 5.75 Å². The summed E-state index contributed by atoms with van der Waals surface area (Å²) in [5.41, 5.74) is 7.02. The molecule has 0 radical (unpaired) electrons. The third-order valence-corrected chi connectivity index (χ3v) is 3.41. The minimum atomic E-state index is -0.0223. The molecule has 19 heavy (non-hydrogen) atoms. The van der Waals surface area contributed by atoms with Crippen molar-refractivity contribution in [2.24, 2.45) is 5.92 Å². The molecule has 1 unspecified atom stereocenters. The molecule has 2 rings (SSSR count). The first-order valence-electron chi connectivity index (χ1n) is 6.54. The molecule has 1 atom stereocenters. The summed E-state index contributed by atoms with van der Waals surface area (Å²) in [4.78, 5) is 14.1. The molecular weight excluding hydrogens is 242 g/mol. The topological polar surface area (TPSA) is 67.6 Å². The molecule has 5 nitrogen and oxygen atoms in total. The van der Waals surface area contributed by atoms with E-state index in [1.165, 1.54) is 0 Å². The Kier molecular flexibility index (Phi) is 4.27. The number of benzene rings is 1. The van der Waals surface area contributed by atoms with Crippen LogP contribution in [-0.4, -0.2) is 37.6 Å². The number of nitrogens with zero attached hydrogens (tertiary/aromatic N) is 1. The quantitative estimate of drug-likeness (QED) is 0.809. The monoisotopic (exact) mass is 263 g/mol. The van der Waals surface area contributed by atoms with Crippen molar-refractivity contribution in [1.82, 2.24) is 4.90 Å². The Morgan fingerprint density at radius 1 is 1.58 bits per heavy atom. The highest BCUT2D eigenvalue weighted by atomic mass is 16.5. The number of rotatable bonds is 4. The molecule has 1 fully saturated rings. The van der Waals surface area contributed by atoms with E-state index in [0.717, 1.165) is 19.5 Å². The number of nitrogens with one attached hydrogen (secondary N) is 1. The third-order valence-electron chi connectivity index (χ3n) is 3.41. The lowest BCUT2D eigenvalue weighted by Gasteiger charge is -2.15. The number of carbonyl (C=O) groups excluding carboxylic acids is 1. The molecule has 0 bridgehead atoms. The number of nitrogens with two attached hydrogens (primary N) is 1. The first-order chi connectivity index (χ1) is 9.08. The lowest BCUT2D eigenvalue weighted by atomic mass is 10.2. The number of hydrogen-bond acceptors (Lipinski definition) is 4. The van der Waals surface area contributed by atoms with Gasteiger partial charge in [0.25, 0.3) is 0 Å². The van der Waals surface area contributed by atoms with Gasteiger partial charge in [0.1, 0.15) is 5.75 Å². The zero-order valence-electron chi connectivity index (χ0n) is 11.5. The molecule has 1 aromatic rings. The van der Waals surface area contributed by atoms with Gasteiger partial charge in [-0.05, 0) is 31.0 Å². The molecular formula is C14H21N3O2. The maximum Gasteiger partial charge on any atom is 0.238 e. The normalized spacial score (nSPS) is 19.4. The van der Waals surface area contributed by atoms with E-state index >= 15 is 0 Å². The summed E-state index contributed by atoms with van der Waals surface area (Å²) in [5, 5.41) is 2.84. The van der Waals surface area contributed by atoms with Crippen LogP contribution in [0, 0.1) is 5.92 Å². The van der Waals surface area contributed by atoms with Crippen molar-refractivity contribution < 1.29 is 9.53 Å². The number of carbonyl (C=O) groups is 1. The second kappa shape index (κ2) is 5.93. The summed E-state index contributed by atoms with van der Waals surface area (Å²) in [7, 11) is 1.58. The lowest BCUT2D eigenvalue weighted by molar-refractivity contribution is -0.117. The Morgan fingerprint density at radius 2 is 2.37 bits per heavy atom. The van der Waals surface area contributed by atoms with Crippen molar-refractivity contribution in [2.75, 3.05) is 37.8 Å². The molecule has 3 N–H and O–H groups in total. The minimum absolute atomic E-state index is 0.0223. The fourth-order valence-corrected chi connectivity index (χ4v) is 2.34. The highest BCUT2D eigenvalue weighted by molar-refractivity contribution is 5.95. The molecule has 1 aliphatic heterocycles. The summed E-state index contributed by atoms with van der Waals surface area (Å²) in [6, 6.07) is 5.25. The van der Waals surface area contributed by atoms with Gasteiger partial charge in [-0.3, -0.25) is 9.69 Å². The van der Waals surface area contributed by atoms with Gasteiger partial charge >= 0.3 is 0 Å². The molecule has 1 amide bonds. The zero-order chi connectivity index (χ0) is 13.8. The van der Waals surface area contributed by atoms with E-state index in [2.05, 4.69) is 17.1 Å². The fraction of sp³-hybridized carbons (Fsp3) is 0.500. The standard InChI is InChI=1S/C14H21N3O2/c1-10-5-6-17(8-10)9-14(18)16-13-4-3-11(19-2)7-12(13)15/h3-4,7,10H,5-6,8-9,15H2,1-2H3,(H,16,18). The summed E-state index contributed by atoms with van der Waals surface area (Å²) < 4.78 is 5.07. The van der Waals surface area contributed by atoms with Crippen molar-refractivity contribution in [2.45, 2.75) is 13.3 Å². The maximum absolute atomic E-state index is 11.9. The summed E-state index contributed by atoms with van der Waals surface area (Å²) in [5.74, 6) is 1.34. The smallest absolute Gasteiger partial charge is 0.238 e. The van der Waals surface area contributed by atoms with Crippen LogP contribution in [0.3, 0.4) is 0 Å². The third kappa shape index (κ3) is 3.61. The van der Waals surface area contributed by atoms with Gasteiger partial charge in [0.15, 0.2) is 0 Å². The molecule has 1 saturated heterocycles. The SMILES string of the molecule is COc1ccc(NC(=O)CN2CCC(C)C2)c(N)c1. The van der Waals surface area contributed by atoms with Gasteiger partial charge in [-0.15, -0.1) is 0 Å². The van der Waals surface area contributed by atoms with Gasteiger partial charge in [-0.1, -0.05) is 6.92 Å². The van der Waals surface area contributed by atoms with Crippen LogP contribution < -0.4 is 15.8 Å². The molecule has 104 valence electrons. The second-order valence-electron chi connectivity index (χ2n) is 5.13. The fourth-order valence-electron chi connectivity index (χ4n) is 2.34. The maximum atomic E-state index is 11.9. The minimum Gasteiger partial charge on any atom is -0.497 e. The number of methoxy groups -OCH3 is 1. The zero-order valence-corrected chi connectivity index (χ0v) is 11.5. The average molecular weight is 263 g/mol. The van der Waals surface area contributed by atoms with Crippen LogP contribution in [0.5, 0.6) is 5.75 Å². The van der Waals surface area contributed by atoms with Crippen LogP contribution in [0.15, 0.2) is 18.2 Å². The van der Waals surface area contributed by atoms with Crippen LogP contribution in [0.4, 0.5) is 11.4 Å². The summed E-state index contributed by atoms with van der Waals surface area (Å²) >= 11 is 0. The number of ether oxygens (including phenoxy) is 1. The van der Waals surface area contributed by atoms with Gasteiger partial charge in [0.2, 0.25) is 5.91 Å². The first kappa shape index (κ1) is 13.7. The van der Waals surface area contributed by atoms with E-state index in [0.29, 0.717) is 29.6 Å². The van der Waals surface area contributed by atoms with Crippen molar-refractivity contribution in [3.63, 3.8) is 0 Å². The van der Waals surface area contributed by atoms with E-state index in [4.69, 9.17) is 10.5 Å². The van der Waals surface area contributed by atoms with Crippen molar-refractivity contribution in [3.05, 3.63) is 18.2 Å². The van der Waals surface area contributed by atoms with Gasteiger partial charge in [-0.2, -0.15) is 0 Å². The summed E-state index contributed by atoms with van der Waals surface area (Å²) in [6.45, 7) is 4.62. The second-order valence-corrected chi connectivity index (χ2v) is 5.13. The van der Waals surface area contributed by atoms with Crippen LogP contribution in [0.2, 0.25) is 0 Å². The van der Waals surface area contributed by atoms with Crippen LogP contribution >= 0.6 is 0 Å². The molecule has 0 spiro atoms. The number of amides is 1. The van der Waals surface area contributed by atoms with Gasteiger partial charge in [0, 0.05) is 12.6 Å². The molecule has 0 aliphatic carbocycles. The van der Waals surface area contributed by atoms with Crippen LogP contribution in [0.25, 0.3) is 0 Å². The molecule has 1 heterocycles. The Balaban J connectivity index is 1.91. The number of anilines is 2. The van der Waals surface area contributed by atoms with E-state index in [-0.39, 0.29) is 5.91 Å². The van der Waals surface area contributed by atoms with Crippen molar-refractivity contribution >= 4 is 17.3 Å². The predicted octanol–water partition coefficient (Wildman–Crippen LogP) is 1.56. The molecule has 5 heteroatoms. The Morgan fingerprint density at radius 3 is 2.95 bits per heavy atom. The van der Waals surface area contributed by atoms with Crippen molar-refractivity contribution in [1.29, 1.82) is 0 Å². The van der Waals surface area contributed by atoms with E-state index in [1.54, 1.807) is 25.3 Å². The number of likely N-dealkylation sites (tertiary alicyclic amines) is 1. The Bertz CT molecular complexity index is 462. The highest BCUT2D eigenvalue weighted by Crippen LogP contribution is 2.24. The largest absolute Gasteiger partial charge is 0.497 e.